The van der Waals surface area contributed by atoms with Crippen LogP contribution in [0.15, 0.2) is 0 Å². The number of aryl methyl sites for hydroxylation is 2. The first-order valence-corrected chi connectivity index (χ1v) is 5.10. The van der Waals surface area contributed by atoms with E-state index in [0.29, 0.717) is 0 Å². The van der Waals surface area contributed by atoms with Crippen LogP contribution in [0.25, 0.3) is 0 Å². The van der Waals surface area contributed by atoms with Gasteiger partial charge in [-0.1, -0.05) is 13.8 Å². The van der Waals surface area contributed by atoms with E-state index in [0.717, 1.165) is 0 Å². The molecule has 1 heterocycles. The van der Waals surface area contributed by atoms with Crippen molar-refractivity contribution in [3.63, 3.8) is 0 Å². The Morgan fingerprint density at radius 3 is 2.00 bits per heavy atom. The fourth-order valence-corrected chi connectivity index (χ4v) is 2.82. The van der Waals surface area contributed by atoms with Crippen LogP contribution in [0.3, 0.4) is 0 Å². The van der Waals surface area contributed by atoms with Crippen molar-refractivity contribution < 1.29 is 0 Å². The molecule has 62 valence electrons. The molecule has 0 aromatic carbocycles. The van der Waals surface area contributed by atoms with Crippen molar-refractivity contribution in [2.24, 2.45) is 0 Å². The highest BCUT2D eigenvalue weighted by atomic mass is 32.1. The molecule has 1 aromatic rings. The van der Waals surface area contributed by atoms with Gasteiger partial charge in [0.05, 0.1) is 0 Å². The number of rotatable bonds is 2. The van der Waals surface area contributed by atoms with Gasteiger partial charge in [0.2, 0.25) is 0 Å². The maximum atomic E-state index is 2.25. The molecule has 0 saturated carbocycles. The summed E-state index contributed by atoms with van der Waals surface area (Å²) in [4.78, 5) is 3.08. The number of hydrogen-bond donors (Lipinski definition) is 0. The first-order valence-electron chi connectivity index (χ1n) is 4.28. The summed E-state index contributed by atoms with van der Waals surface area (Å²) >= 11 is 1.97. The molecule has 1 rings (SSSR count). The van der Waals surface area contributed by atoms with Crippen LogP contribution in [-0.2, 0) is 12.8 Å². The van der Waals surface area contributed by atoms with Crippen molar-refractivity contribution in [3.05, 3.63) is 20.9 Å². The Labute approximate surface area is 73.3 Å². The topological polar surface area (TPSA) is 0 Å². The van der Waals surface area contributed by atoms with Gasteiger partial charge in [-0.15, -0.1) is 11.3 Å². The van der Waals surface area contributed by atoms with Crippen molar-refractivity contribution in [3.8, 4) is 0 Å². The molecule has 0 radical (unpaired) electrons. The Kier molecular flexibility index (Phi) is 2.72. The van der Waals surface area contributed by atoms with Gasteiger partial charge in [0.25, 0.3) is 0 Å². The van der Waals surface area contributed by atoms with Crippen LogP contribution in [0.1, 0.15) is 34.7 Å². The van der Waals surface area contributed by atoms with E-state index in [-0.39, 0.29) is 0 Å². The fourth-order valence-electron chi connectivity index (χ4n) is 1.61. The van der Waals surface area contributed by atoms with Gasteiger partial charge in [0, 0.05) is 9.75 Å². The maximum absolute atomic E-state index is 2.25. The summed E-state index contributed by atoms with van der Waals surface area (Å²) in [5, 5.41) is 0. The summed E-state index contributed by atoms with van der Waals surface area (Å²) in [6.07, 6.45) is 2.38. The summed E-state index contributed by atoms with van der Waals surface area (Å²) in [6, 6.07) is 0. The molecule has 0 atom stereocenters. The SMILES string of the molecule is CCc1sc(C)c(CC)c1C. The van der Waals surface area contributed by atoms with Gasteiger partial charge in [-0.05, 0) is 37.8 Å². The summed E-state index contributed by atoms with van der Waals surface area (Å²) in [5.74, 6) is 0. The van der Waals surface area contributed by atoms with E-state index >= 15 is 0 Å². The molecule has 0 fully saturated rings. The molecule has 0 unspecified atom stereocenters. The smallest absolute Gasteiger partial charge is 0.00773 e. The van der Waals surface area contributed by atoms with Crippen LogP contribution < -0.4 is 0 Å². The Hall–Kier alpha value is -0.300. The molecule has 0 N–H and O–H groups in total. The van der Waals surface area contributed by atoms with Crippen LogP contribution >= 0.6 is 11.3 Å². The molecule has 0 amide bonds. The molecular weight excluding hydrogens is 152 g/mol. The highest BCUT2D eigenvalue weighted by Crippen LogP contribution is 2.27. The lowest BCUT2D eigenvalue weighted by Crippen LogP contribution is -1.84. The van der Waals surface area contributed by atoms with Crippen molar-refractivity contribution in [1.29, 1.82) is 0 Å². The minimum atomic E-state index is 1.19. The third kappa shape index (κ3) is 1.48. The molecule has 1 aromatic heterocycles. The second-order valence-electron chi connectivity index (χ2n) is 2.89. The zero-order valence-electron chi connectivity index (χ0n) is 7.82. The highest BCUT2D eigenvalue weighted by Gasteiger charge is 2.07. The van der Waals surface area contributed by atoms with Gasteiger partial charge in [-0.2, -0.15) is 0 Å². The summed E-state index contributed by atoms with van der Waals surface area (Å²) < 4.78 is 0. The third-order valence-corrected chi connectivity index (χ3v) is 3.64. The number of hydrogen-bond acceptors (Lipinski definition) is 1. The standard InChI is InChI=1S/C10H16S/c1-5-9-7(3)10(6-2)11-8(9)4/h5-6H2,1-4H3. The van der Waals surface area contributed by atoms with Crippen molar-refractivity contribution in [2.45, 2.75) is 40.5 Å². The molecule has 0 aliphatic rings. The lowest BCUT2D eigenvalue weighted by molar-refractivity contribution is 1.08. The fraction of sp³-hybridized carbons (Fsp3) is 0.600. The number of thiophene rings is 1. The van der Waals surface area contributed by atoms with Crippen molar-refractivity contribution >= 4 is 11.3 Å². The van der Waals surface area contributed by atoms with Gasteiger partial charge in [-0.25, -0.2) is 0 Å². The molecule has 0 aliphatic carbocycles. The zero-order chi connectivity index (χ0) is 8.43. The average molecular weight is 168 g/mol. The van der Waals surface area contributed by atoms with Crippen LogP contribution in [-0.4, -0.2) is 0 Å². The van der Waals surface area contributed by atoms with E-state index in [4.69, 9.17) is 0 Å². The predicted molar refractivity (Wildman–Crippen MR) is 52.5 cm³/mol. The normalized spacial score (nSPS) is 10.5. The van der Waals surface area contributed by atoms with Gasteiger partial charge in [0.15, 0.2) is 0 Å². The van der Waals surface area contributed by atoms with E-state index in [1.807, 2.05) is 11.3 Å². The third-order valence-electron chi connectivity index (χ3n) is 2.25. The van der Waals surface area contributed by atoms with Crippen LogP contribution in [0.5, 0.6) is 0 Å². The minimum Gasteiger partial charge on any atom is -0.145 e. The maximum Gasteiger partial charge on any atom is 0.00773 e. The molecule has 1 heteroatoms. The molecule has 0 nitrogen and oxygen atoms in total. The second kappa shape index (κ2) is 3.40. The molecule has 0 bridgehead atoms. The molecule has 0 saturated heterocycles. The van der Waals surface area contributed by atoms with E-state index in [2.05, 4.69) is 27.7 Å². The molecule has 0 spiro atoms. The lowest BCUT2D eigenvalue weighted by atomic mass is 10.1. The quantitative estimate of drug-likeness (QED) is 0.634. The van der Waals surface area contributed by atoms with E-state index in [9.17, 15) is 0 Å². The summed E-state index contributed by atoms with van der Waals surface area (Å²) in [5.41, 5.74) is 3.12. The van der Waals surface area contributed by atoms with Crippen molar-refractivity contribution in [1.82, 2.24) is 0 Å². The Morgan fingerprint density at radius 1 is 1.09 bits per heavy atom. The monoisotopic (exact) mass is 168 g/mol. The van der Waals surface area contributed by atoms with Crippen LogP contribution in [0.4, 0.5) is 0 Å². The summed E-state index contributed by atoms with van der Waals surface area (Å²) in [6.45, 7) is 8.95. The second-order valence-corrected chi connectivity index (χ2v) is 4.20. The van der Waals surface area contributed by atoms with Crippen LogP contribution in [0.2, 0.25) is 0 Å². The molecule has 11 heavy (non-hydrogen) atoms. The first-order chi connectivity index (χ1) is 5.20. The lowest BCUT2D eigenvalue weighted by Gasteiger charge is -1.96. The average Bonchev–Trinajstić information content (AvgIpc) is 2.26. The Morgan fingerprint density at radius 2 is 1.73 bits per heavy atom. The van der Waals surface area contributed by atoms with Crippen LogP contribution in [0, 0.1) is 13.8 Å². The van der Waals surface area contributed by atoms with E-state index < -0.39 is 0 Å². The molecule has 0 aliphatic heterocycles. The molecular formula is C10H16S. The van der Waals surface area contributed by atoms with Gasteiger partial charge >= 0.3 is 0 Å². The van der Waals surface area contributed by atoms with Gasteiger partial charge in [-0.3, -0.25) is 0 Å². The zero-order valence-corrected chi connectivity index (χ0v) is 8.64. The Balaban J connectivity index is 3.14. The van der Waals surface area contributed by atoms with E-state index in [1.54, 1.807) is 10.4 Å². The minimum absolute atomic E-state index is 1.19. The van der Waals surface area contributed by atoms with Gasteiger partial charge in [0.1, 0.15) is 0 Å². The van der Waals surface area contributed by atoms with E-state index in [1.165, 1.54) is 23.3 Å². The van der Waals surface area contributed by atoms with Gasteiger partial charge < -0.3 is 0 Å². The Bertz CT molecular complexity index is 246. The first kappa shape index (κ1) is 8.79. The summed E-state index contributed by atoms with van der Waals surface area (Å²) in [7, 11) is 0. The van der Waals surface area contributed by atoms with Crippen molar-refractivity contribution in [2.75, 3.05) is 0 Å². The largest absolute Gasteiger partial charge is 0.145 e. The highest BCUT2D eigenvalue weighted by molar-refractivity contribution is 7.12. The predicted octanol–water partition coefficient (Wildman–Crippen LogP) is 3.49.